The summed E-state index contributed by atoms with van der Waals surface area (Å²) >= 11 is 0. The van der Waals surface area contributed by atoms with Gasteiger partial charge in [-0.25, -0.2) is 4.39 Å². The second kappa shape index (κ2) is 6.96. The third-order valence-electron chi connectivity index (χ3n) is 4.68. The Labute approximate surface area is 138 Å². The van der Waals surface area contributed by atoms with E-state index in [1.165, 1.54) is 6.07 Å². The lowest BCUT2D eigenvalue weighted by atomic mass is 9.66. The van der Waals surface area contributed by atoms with Gasteiger partial charge in [0.2, 0.25) is 0 Å². The van der Waals surface area contributed by atoms with Crippen LogP contribution in [-0.4, -0.2) is 0 Å². The first-order valence-electron chi connectivity index (χ1n) is 8.16. The Balaban J connectivity index is 2.82. The summed E-state index contributed by atoms with van der Waals surface area (Å²) in [7, 11) is 0. The molecule has 2 aromatic carbocycles. The molecular weight excluding hydrogens is 285 g/mol. The summed E-state index contributed by atoms with van der Waals surface area (Å²) in [6.07, 6.45) is 2.12. The smallest absolute Gasteiger partial charge is 0.123 e. The van der Waals surface area contributed by atoms with E-state index in [0.717, 1.165) is 40.7 Å². The van der Waals surface area contributed by atoms with E-state index in [1.807, 2.05) is 13.0 Å². The van der Waals surface area contributed by atoms with Crippen molar-refractivity contribution in [1.29, 1.82) is 5.26 Å². The van der Waals surface area contributed by atoms with Crippen molar-refractivity contribution in [1.82, 2.24) is 0 Å². The molecule has 0 heterocycles. The Morgan fingerprint density at radius 2 is 1.61 bits per heavy atom. The van der Waals surface area contributed by atoms with E-state index in [1.54, 1.807) is 6.07 Å². The molecule has 0 fully saturated rings. The molecule has 1 nitrogen and oxygen atoms in total. The van der Waals surface area contributed by atoms with Crippen molar-refractivity contribution in [2.24, 2.45) is 0 Å². The van der Waals surface area contributed by atoms with E-state index in [4.69, 9.17) is 0 Å². The van der Waals surface area contributed by atoms with Gasteiger partial charge in [-0.3, -0.25) is 0 Å². The van der Waals surface area contributed by atoms with Gasteiger partial charge in [0.05, 0.1) is 6.07 Å². The standard InChI is InChI=1S/C21H24FN/c1-5-10-21(11-12-23,19-13-15(2)6-7-16(19)3)20-14-18(22)9-8-17(20)4/h6-9,13-14H,5,10-11H2,1-4H3. The van der Waals surface area contributed by atoms with Crippen LogP contribution in [0.3, 0.4) is 0 Å². The van der Waals surface area contributed by atoms with E-state index in [0.29, 0.717) is 6.42 Å². The molecule has 0 aliphatic rings. The first-order chi connectivity index (χ1) is 10.9. The predicted octanol–water partition coefficient (Wildman–Crippen LogP) is 5.75. The van der Waals surface area contributed by atoms with Crippen molar-refractivity contribution in [2.45, 2.75) is 52.4 Å². The number of benzene rings is 2. The summed E-state index contributed by atoms with van der Waals surface area (Å²) in [6, 6.07) is 13.6. The van der Waals surface area contributed by atoms with Gasteiger partial charge < -0.3 is 0 Å². The normalized spacial score (nSPS) is 13.4. The lowest BCUT2D eigenvalue weighted by molar-refractivity contribution is 0.466. The second-order valence-corrected chi connectivity index (χ2v) is 6.44. The number of nitrogens with zero attached hydrogens (tertiary/aromatic N) is 1. The van der Waals surface area contributed by atoms with E-state index >= 15 is 0 Å². The molecule has 0 N–H and O–H groups in total. The summed E-state index contributed by atoms with van der Waals surface area (Å²) in [4.78, 5) is 0. The van der Waals surface area contributed by atoms with Gasteiger partial charge in [0.15, 0.2) is 0 Å². The molecule has 0 saturated heterocycles. The van der Waals surface area contributed by atoms with E-state index < -0.39 is 5.41 Å². The number of hydrogen-bond donors (Lipinski definition) is 0. The minimum absolute atomic E-state index is 0.241. The largest absolute Gasteiger partial charge is 0.207 e. The Morgan fingerprint density at radius 3 is 2.22 bits per heavy atom. The Kier molecular flexibility index (Phi) is 5.21. The Morgan fingerprint density at radius 1 is 1.00 bits per heavy atom. The molecule has 2 heteroatoms. The second-order valence-electron chi connectivity index (χ2n) is 6.44. The summed E-state index contributed by atoms with van der Waals surface area (Å²) in [6.45, 7) is 8.25. The molecule has 1 unspecified atom stereocenters. The average Bonchev–Trinajstić information content (AvgIpc) is 2.52. The van der Waals surface area contributed by atoms with Crippen molar-refractivity contribution in [3.05, 3.63) is 70.0 Å². The zero-order valence-electron chi connectivity index (χ0n) is 14.4. The van der Waals surface area contributed by atoms with Crippen LogP contribution >= 0.6 is 0 Å². The van der Waals surface area contributed by atoms with Crippen LogP contribution in [-0.2, 0) is 5.41 Å². The maximum Gasteiger partial charge on any atom is 0.123 e. The lowest BCUT2D eigenvalue weighted by Crippen LogP contribution is -2.29. The molecule has 0 bridgehead atoms. The van der Waals surface area contributed by atoms with Crippen LogP contribution in [0.15, 0.2) is 36.4 Å². The van der Waals surface area contributed by atoms with Crippen molar-refractivity contribution in [2.75, 3.05) is 0 Å². The van der Waals surface area contributed by atoms with Crippen LogP contribution in [0.2, 0.25) is 0 Å². The first kappa shape index (κ1) is 17.2. The molecule has 1 atom stereocenters. The van der Waals surface area contributed by atoms with Crippen LogP contribution in [0, 0.1) is 37.9 Å². The molecule has 120 valence electrons. The quantitative estimate of drug-likeness (QED) is 0.689. The van der Waals surface area contributed by atoms with Gasteiger partial charge in [-0.15, -0.1) is 0 Å². The highest BCUT2D eigenvalue weighted by Crippen LogP contribution is 2.43. The van der Waals surface area contributed by atoms with E-state index in [2.05, 4.69) is 45.0 Å². The molecule has 0 aliphatic carbocycles. The molecule has 0 spiro atoms. The molecule has 0 aliphatic heterocycles. The van der Waals surface area contributed by atoms with Gasteiger partial charge in [0, 0.05) is 11.8 Å². The topological polar surface area (TPSA) is 23.8 Å². The molecule has 23 heavy (non-hydrogen) atoms. The van der Waals surface area contributed by atoms with Crippen LogP contribution in [0.4, 0.5) is 4.39 Å². The molecule has 2 aromatic rings. The summed E-state index contributed by atoms with van der Waals surface area (Å²) in [5.74, 6) is -0.241. The molecule has 0 aromatic heterocycles. The molecule has 0 saturated carbocycles. The SMILES string of the molecule is CCCC(CC#N)(c1cc(C)ccc1C)c1cc(F)ccc1C. The summed E-state index contributed by atoms with van der Waals surface area (Å²) in [5.41, 5.74) is 4.99. The zero-order valence-corrected chi connectivity index (χ0v) is 14.4. The maximum atomic E-state index is 14.0. The van der Waals surface area contributed by atoms with Crippen LogP contribution in [0.25, 0.3) is 0 Å². The molecule has 0 amide bonds. The predicted molar refractivity (Wildman–Crippen MR) is 93.0 cm³/mol. The van der Waals surface area contributed by atoms with E-state index in [9.17, 15) is 9.65 Å². The lowest BCUT2D eigenvalue weighted by Gasteiger charge is -2.36. The Hall–Kier alpha value is -2.14. The van der Waals surface area contributed by atoms with Crippen molar-refractivity contribution < 1.29 is 4.39 Å². The fourth-order valence-electron chi connectivity index (χ4n) is 3.62. The van der Waals surface area contributed by atoms with Gasteiger partial charge >= 0.3 is 0 Å². The zero-order chi connectivity index (χ0) is 17.0. The number of halogens is 1. The van der Waals surface area contributed by atoms with Crippen molar-refractivity contribution in [3.63, 3.8) is 0 Å². The monoisotopic (exact) mass is 309 g/mol. The van der Waals surface area contributed by atoms with Crippen LogP contribution < -0.4 is 0 Å². The molecule has 0 radical (unpaired) electrons. The fraction of sp³-hybridized carbons (Fsp3) is 0.381. The van der Waals surface area contributed by atoms with Crippen molar-refractivity contribution in [3.8, 4) is 6.07 Å². The molecule has 2 rings (SSSR count). The third-order valence-corrected chi connectivity index (χ3v) is 4.68. The summed E-state index contributed by atoms with van der Waals surface area (Å²) < 4.78 is 14.0. The highest BCUT2D eigenvalue weighted by atomic mass is 19.1. The summed E-state index contributed by atoms with van der Waals surface area (Å²) in [5, 5.41) is 9.53. The van der Waals surface area contributed by atoms with Gasteiger partial charge in [-0.1, -0.05) is 43.2 Å². The van der Waals surface area contributed by atoms with Gasteiger partial charge in [0.25, 0.3) is 0 Å². The van der Waals surface area contributed by atoms with Gasteiger partial charge in [-0.05, 0) is 61.6 Å². The first-order valence-corrected chi connectivity index (χ1v) is 8.16. The minimum atomic E-state index is -0.453. The third kappa shape index (κ3) is 3.29. The minimum Gasteiger partial charge on any atom is -0.207 e. The van der Waals surface area contributed by atoms with Gasteiger partial charge in [0.1, 0.15) is 5.82 Å². The van der Waals surface area contributed by atoms with Gasteiger partial charge in [-0.2, -0.15) is 5.26 Å². The Bertz CT molecular complexity index is 688. The highest BCUT2D eigenvalue weighted by molar-refractivity contribution is 5.48. The van der Waals surface area contributed by atoms with Crippen molar-refractivity contribution >= 4 is 0 Å². The highest BCUT2D eigenvalue weighted by Gasteiger charge is 2.36. The number of nitriles is 1. The molecular formula is C21H24FN. The van der Waals surface area contributed by atoms with Crippen LogP contribution in [0.5, 0.6) is 0 Å². The maximum absolute atomic E-state index is 14.0. The number of rotatable bonds is 5. The van der Waals surface area contributed by atoms with Crippen LogP contribution in [0.1, 0.15) is 54.0 Å². The van der Waals surface area contributed by atoms with E-state index in [-0.39, 0.29) is 5.82 Å². The fourth-order valence-corrected chi connectivity index (χ4v) is 3.62. The average molecular weight is 309 g/mol. The number of hydrogen-bond acceptors (Lipinski definition) is 1. The number of aryl methyl sites for hydroxylation is 3.